The predicted octanol–water partition coefficient (Wildman–Crippen LogP) is 0.494. The third-order valence-electron chi connectivity index (χ3n) is 0.518. The molecule has 0 aliphatic carbocycles. The zero-order valence-electron chi connectivity index (χ0n) is 4.72. The second-order valence-electron chi connectivity index (χ2n) is 1.42. The SMILES string of the molecule is CO/C=C/C(C)N. The average molecular weight is 101 g/mol. The highest BCUT2D eigenvalue weighted by molar-refractivity contribution is 4.82. The van der Waals surface area contributed by atoms with E-state index in [0.717, 1.165) is 0 Å². The maximum Gasteiger partial charge on any atom is 0.0800 e. The van der Waals surface area contributed by atoms with Crippen molar-refractivity contribution in [3.8, 4) is 0 Å². The van der Waals surface area contributed by atoms with Crippen molar-refractivity contribution in [3.05, 3.63) is 12.3 Å². The fourth-order valence-electron chi connectivity index (χ4n) is 0.202. The van der Waals surface area contributed by atoms with Crippen LogP contribution in [0.4, 0.5) is 0 Å². The van der Waals surface area contributed by atoms with Crippen LogP contribution in [-0.4, -0.2) is 13.2 Å². The van der Waals surface area contributed by atoms with Gasteiger partial charge >= 0.3 is 0 Å². The lowest BCUT2D eigenvalue weighted by atomic mass is 10.4. The van der Waals surface area contributed by atoms with Gasteiger partial charge in [-0.3, -0.25) is 0 Å². The van der Waals surface area contributed by atoms with E-state index in [-0.39, 0.29) is 6.04 Å². The Labute approximate surface area is 44.0 Å². The molecule has 42 valence electrons. The van der Waals surface area contributed by atoms with Gasteiger partial charge in [-0.25, -0.2) is 0 Å². The fourth-order valence-corrected chi connectivity index (χ4v) is 0.202. The summed E-state index contributed by atoms with van der Waals surface area (Å²) < 4.78 is 4.59. The molecular formula is C5H11NO. The molecule has 0 aromatic carbocycles. The monoisotopic (exact) mass is 101 g/mol. The normalized spacial score (nSPS) is 14.7. The van der Waals surface area contributed by atoms with Crippen LogP contribution in [0.15, 0.2) is 12.3 Å². The van der Waals surface area contributed by atoms with Gasteiger partial charge in [0.15, 0.2) is 0 Å². The van der Waals surface area contributed by atoms with Crippen molar-refractivity contribution in [2.45, 2.75) is 13.0 Å². The zero-order valence-corrected chi connectivity index (χ0v) is 4.72. The van der Waals surface area contributed by atoms with Crippen molar-refractivity contribution >= 4 is 0 Å². The summed E-state index contributed by atoms with van der Waals surface area (Å²) in [7, 11) is 1.60. The Morgan fingerprint density at radius 1 is 1.71 bits per heavy atom. The minimum Gasteiger partial charge on any atom is -0.505 e. The molecular weight excluding hydrogens is 90.1 g/mol. The van der Waals surface area contributed by atoms with E-state index < -0.39 is 0 Å². The smallest absolute Gasteiger partial charge is 0.0800 e. The first-order valence-electron chi connectivity index (χ1n) is 2.22. The Balaban J connectivity index is 3.08. The van der Waals surface area contributed by atoms with E-state index in [1.165, 1.54) is 0 Å². The van der Waals surface area contributed by atoms with Crippen LogP contribution >= 0.6 is 0 Å². The third kappa shape index (κ3) is 5.50. The number of hydrogen-bond acceptors (Lipinski definition) is 2. The number of nitrogens with two attached hydrogens (primary N) is 1. The molecule has 1 unspecified atom stereocenters. The Hall–Kier alpha value is -0.500. The van der Waals surface area contributed by atoms with Gasteiger partial charge in [-0.05, 0) is 13.0 Å². The van der Waals surface area contributed by atoms with Crippen molar-refractivity contribution < 1.29 is 4.74 Å². The van der Waals surface area contributed by atoms with Crippen molar-refractivity contribution in [2.24, 2.45) is 5.73 Å². The van der Waals surface area contributed by atoms with E-state index in [1.54, 1.807) is 19.4 Å². The highest BCUT2D eigenvalue weighted by Crippen LogP contribution is 1.76. The largest absolute Gasteiger partial charge is 0.505 e. The fraction of sp³-hybridized carbons (Fsp3) is 0.600. The molecule has 0 aliphatic rings. The standard InChI is InChI=1S/C5H11NO/c1-5(6)3-4-7-2/h3-5H,6H2,1-2H3/b4-3+. The van der Waals surface area contributed by atoms with Crippen LogP contribution < -0.4 is 5.73 Å². The summed E-state index contributed by atoms with van der Waals surface area (Å²) >= 11 is 0. The van der Waals surface area contributed by atoms with Gasteiger partial charge in [0.2, 0.25) is 0 Å². The number of ether oxygens (including phenoxy) is 1. The molecule has 7 heavy (non-hydrogen) atoms. The number of rotatable bonds is 2. The number of methoxy groups -OCH3 is 1. The van der Waals surface area contributed by atoms with Gasteiger partial charge in [0.1, 0.15) is 0 Å². The van der Waals surface area contributed by atoms with Gasteiger partial charge in [0.05, 0.1) is 13.4 Å². The van der Waals surface area contributed by atoms with E-state index >= 15 is 0 Å². The lowest BCUT2D eigenvalue weighted by Crippen LogP contribution is -2.10. The van der Waals surface area contributed by atoms with E-state index in [4.69, 9.17) is 5.73 Å². The molecule has 2 nitrogen and oxygen atoms in total. The van der Waals surface area contributed by atoms with E-state index in [0.29, 0.717) is 0 Å². The molecule has 2 heteroatoms. The summed E-state index contributed by atoms with van der Waals surface area (Å²) in [6, 6.07) is 0.0972. The molecule has 0 aromatic heterocycles. The van der Waals surface area contributed by atoms with Crippen LogP contribution in [0.25, 0.3) is 0 Å². The Bertz CT molecular complexity index is 59.1. The molecule has 1 atom stereocenters. The predicted molar refractivity (Wildman–Crippen MR) is 29.8 cm³/mol. The molecule has 0 saturated heterocycles. The molecule has 0 radical (unpaired) electrons. The first-order chi connectivity index (χ1) is 3.27. The van der Waals surface area contributed by atoms with Gasteiger partial charge in [-0.2, -0.15) is 0 Å². The van der Waals surface area contributed by atoms with Gasteiger partial charge < -0.3 is 10.5 Å². The summed E-state index contributed by atoms with van der Waals surface area (Å²) in [4.78, 5) is 0. The summed E-state index contributed by atoms with van der Waals surface area (Å²) in [6.07, 6.45) is 3.35. The van der Waals surface area contributed by atoms with Crippen molar-refractivity contribution in [1.29, 1.82) is 0 Å². The molecule has 0 bridgehead atoms. The van der Waals surface area contributed by atoms with Gasteiger partial charge in [0.25, 0.3) is 0 Å². The first kappa shape index (κ1) is 6.50. The van der Waals surface area contributed by atoms with Crippen molar-refractivity contribution in [2.75, 3.05) is 7.11 Å². The van der Waals surface area contributed by atoms with Gasteiger partial charge in [0, 0.05) is 6.04 Å². The molecule has 0 spiro atoms. The van der Waals surface area contributed by atoms with Crippen molar-refractivity contribution in [1.82, 2.24) is 0 Å². The summed E-state index contributed by atoms with van der Waals surface area (Å²) in [5.74, 6) is 0. The molecule has 0 aromatic rings. The van der Waals surface area contributed by atoms with Crippen LogP contribution in [0.1, 0.15) is 6.92 Å². The van der Waals surface area contributed by atoms with Gasteiger partial charge in [-0.15, -0.1) is 0 Å². The van der Waals surface area contributed by atoms with E-state index in [9.17, 15) is 0 Å². The topological polar surface area (TPSA) is 35.2 Å². The van der Waals surface area contributed by atoms with Crippen LogP contribution in [0.2, 0.25) is 0 Å². The Morgan fingerprint density at radius 3 is 2.43 bits per heavy atom. The lowest BCUT2D eigenvalue weighted by Gasteiger charge is -1.91. The minimum absolute atomic E-state index is 0.0972. The second-order valence-corrected chi connectivity index (χ2v) is 1.42. The van der Waals surface area contributed by atoms with Crippen LogP contribution in [-0.2, 0) is 4.74 Å². The number of hydrogen-bond donors (Lipinski definition) is 1. The highest BCUT2D eigenvalue weighted by atomic mass is 16.5. The van der Waals surface area contributed by atoms with Gasteiger partial charge in [-0.1, -0.05) is 0 Å². The lowest BCUT2D eigenvalue weighted by molar-refractivity contribution is 0.336. The average Bonchev–Trinajstić information content (AvgIpc) is 1.61. The second kappa shape index (κ2) is 3.68. The summed E-state index contributed by atoms with van der Waals surface area (Å²) in [5.41, 5.74) is 5.31. The van der Waals surface area contributed by atoms with Crippen LogP contribution in [0.3, 0.4) is 0 Å². The van der Waals surface area contributed by atoms with E-state index in [1.807, 2.05) is 6.92 Å². The maximum absolute atomic E-state index is 5.31. The Kier molecular flexibility index (Phi) is 3.42. The first-order valence-corrected chi connectivity index (χ1v) is 2.22. The summed E-state index contributed by atoms with van der Waals surface area (Å²) in [5, 5.41) is 0. The third-order valence-corrected chi connectivity index (χ3v) is 0.518. The van der Waals surface area contributed by atoms with Crippen LogP contribution in [0.5, 0.6) is 0 Å². The molecule has 0 amide bonds. The molecule has 0 heterocycles. The molecule has 0 fully saturated rings. The van der Waals surface area contributed by atoms with E-state index in [2.05, 4.69) is 4.74 Å². The molecule has 0 rings (SSSR count). The highest BCUT2D eigenvalue weighted by Gasteiger charge is 1.78. The molecule has 0 aliphatic heterocycles. The minimum atomic E-state index is 0.0972. The summed E-state index contributed by atoms with van der Waals surface area (Å²) in [6.45, 7) is 1.88. The molecule has 2 N–H and O–H groups in total. The quantitative estimate of drug-likeness (QED) is 0.514. The molecule has 0 saturated carbocycles. The zero-order chi connectivity index (χ0) is 5.70. The Morgan fingerprint density at radius 2 is 2.29 bits per heavy atom. The maximum atomic E-state index is 5.31. The van der Waals surface area contributed by atoms with Crippen LogP contribution in [0, 0.1) is 0 Å². The van der Waals surface area contributed by atoms with Crippen molar-refractivity contribution in [3.63, 3.8) is 0 Å².